The lowest BCUT2D eigenvalue weighted by molar-refractivity contribution is -0.121. The minimum Gasteiger partial charge on any atom is -0.457 e. The summed E-state index contributed by atoms with van der Waals surface area (Å²) in [4.78, 5) is 23.5. The van der Waals surface area contributed by atoms with Gasteiger partial charge in [-0.1, -0.05) is 29.8 Å². The van der Waals surface area contributed by atoms with Gasteiger partial charge in [0.1, 0.15) is 11.5 Å². The fourth-order valence-corrected chi connectivity index (χ4v) is 4.36. The van der Waals surface area contributed by atoms with Crippen LogP contribution in [0.1, 0.15) is 5.76 Å². The molecule has 2 aromatic heterocycles. The van der Waals surface area contributed by atoms with Crippen molar-refractivity contribution < 1.29 is 9.21 Å². The average Bonchev–Trinajstić information content (AvgIpc) is 3.42. The van der Waals surface area contributed by atoms with Crippen LogP contribution < -0.4 is 0 Å². The molecule has 140 valence electrons. The van der Waals surface area contributed by atoms with Gasteiger partial charge in [0, 0.05) is 29.8 Å². The fourth-order valence-electron chi connectivity index (χ4n) is 2.60. The van der Waals surface area contributed by atoms with Crippen molar-refractivity contribution in [3.05, 3.63) is 76.3 Å². The zero-order valence-electron chi connectivity index (χ0n) is 14.5. The zero-order valence-corrected chi connectivity index (χ0v) is 16.9. The number of carbonyl (C=O) groups excluding carboxylic acids is 1. The molecule has 8 heteroatoms. The van der Waals surface area contributed by atoms with Crippen LogP contribution in [-0.2, 0) is 4.79 Å². The molecule has 1 amide bonds. The first kappa shape index (κ1) is 18.7. The third kappa shape index (κ3) is 3.82. The summed E-state index contributed by atoms with van der Waals surface area (Å²) in [7, 11) is 0. The Kier molecular flexibility index (Phi) is 5.47. The monoisotopic (exact) mass is 427 g/mol. The molecule has 0 radical (unpaired) electrons. The number of rotatable bonds is 5. The molecule has 0 bridgehead atoms. The molecule has 1 aromatic carbocycles. The topological polar surface area (TPSA) is 58.7 Å². The Morgan fingerprint density at radius 2 is 2.14 bits per heavy atom. The van der Waals surface area contributed by atoms with Gasteiger partial charge in [-0.05, 0) is 36.0 Å². The van der Waals surface area contributed by atoms with E-state index < -0.39 is 0 Å². The van der Waals surface area contributed by atoms with Crippen molar-refractivity contribution in [1.82, 2.24) is 9.88 Å². The highest BCUT2D eigenvalue weighted by molar-refractivity contribution is 8.18. The Balaban J connectivity index is 1.64. The van der Waals surface area contributed by atoms with Crippen LogP contribution in [0, 0.1) is 0 Å². The van der Waals surface area contributed by atoms with Gasteiger partial charge in [-0.2, -0.15) is 4.99 Å². The molecule has 28 heavy (non-hydrogen) atoms. The van der Waals surface area contributed by atoms with Crippen LogP contribution in [0.4, 0.5) is 5.13 Å². The van der Waals surface area contributed by atoms with Crippen molar-refractivity contribution in [3.63, 3.8) is 0 Å². The minimum atomic E-state index is -0.143. The molecule has 0 N–H and O–H groups in total. The number of amidine groups is 1. The Morgan fingerprint density at radius 1 is 1.29 bits per heavy atom. The first-order chi connectivity index (χ1) is 13.7. The number of carbonyl (C=O) groups is 1. The van der Waals surface area contributed by atoms with E-state index in [2.05, 4.69) is 16.6 Å². The molecule has 1 aliphatic rings. The Morgan fingerprint density at radius 3 is 2.89 bits per heavy atom. The molecule has 1 saturated heterocycles. The fraction of sp³-hybridized carbons (Fsp3) is 0.0500. The number of thiazole rings is 1. The number of nitrogens with zero attached hydrogens (tertiary/aromatic N) is 3. The first-order valence-electron chi connectivity index (χ1n) is 8.31. The number of aromatic nitrogens is 1. The molecule has 1 aliphatic heterocycles. The van der Waals surface area contributed by atoms with Crippen LogP contribution in [0.3, 0.4) is 0 Å². The molecular formula is C20H14ClN3O2S2. The molecule has 0 aliphatic carbocycles. The first-order valence-corrected chi connectivity index (χ1v) is 10.4. The van der Waals surface area contributed by atoms with E-state index >= 15 is 0 Å². The summed E-state index contributed by atoms with van der Waals surface area (Å²) in [6.07, 6.45) is 5.06. The van der Waals surface area contributed by atoms with E-state index in [1.807, 2.05) is 41.8 Å². The van der Waals surface area contributed by atoms with Crippen LogP contribution in [0.5, 0.6) is 0 Å². The van der Waals surface area contributed by atoms with E-state index in [1.54, 1.807) is 23.2 Å². The third-order valence-electron chi connectivity index (χ3n) is 3.85. The zero-order chi connectivity index (χ0) is 19.5. The Hall–Kier alpha value is -2.61. The summed E-state index contributed by atoms with van der Waals surface area (Å²) in [5.41, 5.74) is 0.804. The molecule has 1 fully saturated rings. The number of halogens is 1. The Bertz CT molecular complexity index is 1090. The van der Waals surface area contributed by atoms with E-state index in [4.69, 9.17) is 16.0 Å². The van der Waals surface area contributed by atoms with Gasteiger partial charge in [-0.25, -0.2) is 4.98 Å². The van der Waals surface area contributed by atoms with Gasteiger partial charge in [0.2, 0.25) is 5.13 Å². The molecule has 3 aromatic rings. The van der Waals surface area contributed by atoms with Gasteiger partial charge in [-0.15, -0.1) is 17.9 Å². The lowest BCUT2D eigenvalue weighted by atomic mass is 10.2. The highest BCUT2D eigenvalue weighted by Gasteiger charge is 2.33. The molecule has 3 heterocycles. The summed E-state index contributed by atoms with van der Waals surface area (Å²) in [5, 5.41) is 3.63. The van der Waals surface area contributed by atoms with Crippen LogP contribution in [0.2, 0.25) is 5.02 Å². The number of hydrogen-bond donors (Lipinski definition) is 0. The van der Waals surface area contributed by atoms with E-state index in [0.717, 1.165) is 5.56 Å². The molecule has 4 rings (SSSR count). The standard InChI is InChI=1S/C20H14ClN3O2S2/c1-2-10-24-18(25)17(28-20(24)23-19-22-9-11-27-19)12-13-7-8-16(26-13)14-5-3-4-6-15(14)21/h2-9,11-12H,1,10H2/b17-12+,23-20+. The Labute approximate surface area is 175 Å². The number of hydrogen-bond acceptors (Lipinski definition) is 6. The normalized spacial score (nSPS) is 17.0. The van der Waals surface area contributed by atoms with Crippen LogP contribution in [-0.4, -0.2) is 27.5 Å². The summed E-state index contributed by atoms with van der Waals surface area (Å²) >= 11 is 8.93. The van der Waals surface area contributed by atoms with Gasteiger partial charge in [0.05, 0.1) is 9.93 Å². The quantitative estimate of drug-likeness (QED) is 0.378. The predicted molar refractivity (Wildman–Crippen MR) is 116 cm³/mol. The summed E-state index contributed by atoms with van der Waals surface area (Å²) in [6.45, 7) is 4.09. The number of thioether (sulfide) groups is 1. The highest BCUT2D eigenvalue weighted by atomic mass is 35.5. The van der Waals surface area contributed by atoms with Crippen molar-refractivity contribution >= 4 is 57.0 Å². The SMILES string of the molecule is C=CCN1C(=O)/C(=C\c2ccc(-c3ccccc3Cl)o2)S/C1=N/c1nccs1. The number of furan rings is 1. The maximum absolute atomic E-state index is 12.8. The van der Waals surface area contributed by atoms with Gasteiger partial charge >= 0.3 is 0 Å². The van der Waals surface area contributed by atoms with E-state index in [-0.39, 0.29) is 5.91 Å². The van der Waals surface area contributed by atoms with Crippen LogP contribution in [0.25, 0.3) is 17.4 Å². The maximum Gasteiger partial charge on any atom is 0.267 e. The number of aliphatic imine (C=N–C) groups is 1. The van der Waals surface area contributed by atoms with Crippen molar-refractivity contribution in [3.8, 4) is 11.3 Å². The van der Waals surface area contributed by atoms with Crippen molar-refractivity contribution in [1.29, 1.82) is 0 Å². The van der Waals surface area contributed by atoms with E-state index in [1.165, 1.54) is 23.1 Å². The second-order valence-corrected chi connectivity index (χ2v) is 8.00. The third-order valence-corrected chi connectivity index (χ3v) is 5.85. The van der Waals surface area contributed by atoms with Crippen molar-refractivity contribution in [2.75, 3.05) is 6.54 Å². The molecule has 0 unspecified atom stereocenters. The van der Waals surface area contributed by atoms with Crippen LogP contribution in [0.15, 0.2) is 74.9 Å². The van der Waals surface area contributed by atoms with Crippen molar-refractivity contribution in [2.24, 2.45) is 4.99 Å². The minimum absolute atomic E-state index is 0.143. The van der Waals surface area contributed by atoms with Gasteiger partial charge in [0.25, 0.3) is 5.91 Å². The smallest absolute Gasteiger partial charge is 0.267 e. The number of benzene rings is 1. The molecule has 0 spiro atoms. The van der Waals surface area contributed by atoms with Crippen LogP contribution >= 0.6 is 34.7 Å². The summed E-state index contributed by atoms with van der Waals surface area (Å²) in [6, 6.07) is 11.1. The van der Waals surface area contributed by atoms with Gasteiger partial charge < -0.3 is 4.42 Å². The summed E-state index contributed by atoms with van der Waals surface area (Å²) < 4.78 is 5.88. The molecule has 0 saturated carbocycles. The molecule has 0 atom stereocenters. The second kappa shape index (κ2) is 8.18. The summed E-state index contributed by atoms with van der Waals surface area (Å²) in [5.74, 6) is 1.07. The predicted octanol–water partition coefficient (Wildman–Crippen LogP) is 5.85. The maximum atomic E-state index is 12.8. The van der Waals surface area contributed by atoms with Crippen molar-refractivity contribution in [2.45, 2.75) is 0 Å². The lowest BCUT2D eigenvalue weighted by Gasteiger charge is -2.11. The largest absolute Gasteiger partial charge is 0.457 e. The average molecular weight is 428 g/mol. The lowest BCUT2D eigenvalue weighted by Crippen LogP contribution is -2.29. The highest BCUT2D eigenvalue weighted by Crippen LogP contribution is 2.36. The van der Waals surface area contributed by atoms with Gasteiger partial charge in [-0.3, -0.25) is 9.69 Å². The second-order valence-electron chi connectivity index (χ2n) is 5.71. The van der Waals surface area contributed by atoms with Gasteiger partial charge in [0.15, 0.2) is 5.17 Å². The number of amides is 1. The molecular weight excluding hydrogens is 414 g/mol. The van der Waals surface area contributed by atoms with E-state index in [0.29, 0.717) is 38.3 Å². The van der Waals surface area contributed by atoms with E-state index in [9.17, 15) is 4.79 Å². The molecule has 5 nitrogen and oxygen atoms in total.